The van der Waals surface area contributed by atoms with E-state index in [1.54, 1.807) is 13.0 Å². The summed E-state index contributed by atoms with van der Waals surface area (Å²) in [4.78, 5) is 26.2. The summed E-state index contributed by atoms with van der Waals surface area (Å²) in [6.07, 6.45) is 0.690. The fraction of sp³-hybridized carbons (Fsp3) is 0.250. The van der Waals surface area contributed by atoms with E-state index in [1.807, 2.05) is 6.92 Å². The smallest absolute Gasteiger partial charge is 0.341 e. The second-order valence-corrected chi connectivity index (χ2v) is 7.59. The molecule has 3 rings (SSSR count). The van der Waals surface area contributed by atoms with Gasteiger partial charge >= 0.3 is 5.97 Å². The Labute approximate surface area is 175 Å². The SMILES string of the molecule is CCOC(=O)c1cc(CC)sc1NC(=O)c1c(-c2c(F)cccc2Cl)noc1C. The van der Waals surface area contributed by atoms with Gasteiger partial charge in [-0.05, 0) is 38.5 Å². The van der Waals surface area contributed by atoms with Gasteiger partial charge in [0.25, 0.3) is 5.91 Å². The van der Waals surface area contributed by atoms with Crippen molar-refractivity contribution in [2.24, 2.45) is 0 Å². The Kier molecular flexibility index (Phi) is 6.34. The van der Waals surface area contributed by atoms with Crippen LogP contribution in [0, 0.1) is 12.7 Å². The molecule has 1 amide bonds. The number of aromatic nitrogens is 1. The summed E-state index contributed by atoms with van der Waals surface area (Å²) >= 11 is 7.39. The number of nitrogens with one attached hydrogen (secondary N) is 1. The maximum atomic E-state index is 14.4. The predicted octanol–water partition coefficient (Wildman–Crippen LogP) is 5.50. The number of amides is 1. The number of esters is 1. The summed E-state index contributed by atoms with van der Waals surface area (Å²) in [6, 6.07) is 5.86. The van der Waals surface area contributed by atoms with Crippen LogP contribution >= 0.6 is 22.9 Å². The second kappa shape index (κ2) is 8.75. The quantitative estimate of drug-likeness (QED) is 0.516. The molecule has 2 heterocycles. The summed E-state index contributed by atoms with van der Waals surface area (Å²) < 4.78 is 24.6. The molecule has 2 aromatic heterocycles. The van der Waals surface area contributed by atoms with Crippen molar-refractivity contribution in [3.8, 4) is 11.3 Å². The Morgan fingerprint density at radius 1 is 1.34 bits per heavy atom. The first kappa shape index (κ1) is 21.0. The number of rotatable bonds is 6. The molecular weight excluding hydrogens is 419 g/mol. The molecule has 0 spiro atoms. The lowest BCUT2D eigenvalue weighted by Crippen LogP contribution is -2.15. The monoisotopic (exact) mass is 436 g/mol. The van der Waals surface area contributed by atoms with E-state index in [0.717, 1.165) is 4.88 Å². The lowest BCUT2D eigenvalue weighted by atomic mass is 10.0. The highest BCUT2D eigenvalue weighted by atomic mass is 35.5. The topological polar surface area (TPSA) is 81.4 Å². The lowest BCUT2D eigenvalue weighted by molar-refractivity contribution is 0.0528. The van der Waals surface area contributed by atoms with E-state index < -0.39 is 17.7 Å². The minimum atomic E-state index is -0.628. The zero-order valence-corrected chi connectivity index (χ0v) is 17.5. The molecule has 0 bridgehead atoms. The maximum absolute atomic E-state index is 14.4. The first-order valence-electron chi connectivity index (χ1n) is 8.89. The number of nitrogens with zero attached hydrogens (tertiary/aromatic N) is 1. The summed E-state index contributed by atoms with van der Waals surface area (Å²) in [5.74, 6) is -1.55. The molecule has 0 fully saturated rings. The van der Waals surface area contributed by atoms with E-state index in [1.165, 1.54) is 36.5 Å². The van der Waals surface area contributed by atoms with Gasteiger partial charge in [-0.25, -0.2) is 9.18 Å². The van der Waals surface area contributed by atoms with Crippen molar-refractivity contribution in [3.05, 3.63) is 56.9 Å². The Bertz CT molecular complexity index is 1060. The maximum Gasteiger partial charge on any atom is 0.341 e. The van der Waals surface area contributed by atoms with Crippen molar-refractivity contribution < 1.29 is 23.2 Å². The van der Waals surface area contributed by atoms with Crippen molar-refractivity contribution >= 4 is 39.8 Å². The molecule has 0 saturated heterocycles. The van der Waals surface area contributed by atoms with Crippen molar-refractivity contribution in [2.75, 3.05) is 11.9 Å². The molecular formula is C20H18ClFN2O4S. The number of thiophene rings is 1. The van der Waals surface area contributed by atoms with Crippen LogP contribution < -0.4 is 5.32 Å². The van der Waals surface area contributed by atoms with Crippen LogP contribution in [0.5, 0.6) is 0 Å². The van der Waals surface area contributed by atoms with E-state index in [4.69, 9.17) is 20.9 Å². The zero-order valence-electron chi connectivity index (χ0n) is 16.0. The van der Waals surface area contributed by atoms with E-state index in [0.29, 0.717) is 11.4 Å². The van der Waals surface area contributed by atoms with Gasteiger partial charge in [0.15, 0.2) is 0 Å². The molecule has 0 radical (unpaired) electrons. The average molecular weight is 437 g/mol. The molecule has 0 aliphatic rings. The Hall–Kier alpha value is -2.71. The number of ether oxygens (including phenoxy) is 1. The number of benzene rings is 1. The third-order valence-corrected chi connectivity index (χ3v) is 5.65. The number of anilines is 1. The summed E-state index contributed by atoms with van der Waals surface area (Å²) in [6.45, 7) is 5.39. The van der Waals surface area contributed by atoms with Crippen LogP contribution in [-0.2, 0) is 11.2 Å². The summed E-state index contributed by atoms with van der Waals surface area (Å²) in [5, 5.41) is 6.99. The number of carbonyl (C=O) groups is 2. The highest BCUT2D eigenvalue weighted by Crippen LogP contribution is 2.35. The first-order chi connectivity index (χ1) is 13.9. The van der Waals surface area contributed by atoms with Crippen molar-refractivity contribution in [1.82, 2.24) is 5.16 Å². The third kappa shape index (κ3) is 4.18. The highest BCUT2D eigenvalue weighted by molar-refractivity contribution is 7.16. The van der Waals surface area contributed by atoms with Gasteiger partial charge in [0, 0.05) is 4.88 Å². The number of hydrogen-bond acceptors (Lipinski definition) is 6. The van der Waals surface area contributed by atoms with Crippen molar-refractivity contribution in [2.45, 2.75) is 27.2 Å². The summed E-state index contributed by atoms with van der Waals surface area (Å²) in [5.41, 5.74) is 0.273. The average Bonchev–Trinajstić information content (AvgIpc) is 3.25. The predicted molar refractivity (Wildman–Crippen MR) is 109 cm³/mol. The molecule has 152 valence electrons. The molecule has 0 saturated carbocycles. The molecule has 0 unspecified atom stereocenters. The fourth-order valence-corrected chi connectivity index (χ4v) is 4.00. The van der Waals surface area contributed by atoms with E-state index in [9.17, 15) is 14.0 Å². The lowest BCUT2D eigenvalue weighted by Gasteiger charge is -2.08. The number of hydrogen-bond donors (Lipinski definition) is 1. The van der Waals surface area contributed by atoms with Gasteiger partial charge in [-0.15, -0.1) is 11.3 Å². The van der Waals surface area contributed by atoms with Gasteiger partial charge in [0.2, 0.25) is 0 Å². The first-order valence-corrected chi connectivity index (χ1v) is 10.1. The largest absolute Gasteiger partial charge is 0.462 e. The van der Waals surface area contributed by atoms with Crippen LogP contribution in [0.25, 0.3) is 11.3 Å². The van der Waals surface area contributed by atoms with E-state index >= 15 is 0 Å². The van der Waals surface area contributed by atoms with Crippen molar-refractivity contribution in [1.29, 1.82) is 0 Å². The molecule has 1 N–H and O–H groups in total. The van der Waals surface area contributed by atoms with E-state index in [2.05, 4.69) is 10.5 Å². The summed E-state index contributed by atoms with van der Waals surface area (Å²) in [7, 11) is 0. The van der Waals surface area contributed by atoms with Gasteiger partial charge in [0.05, 0.1) is 22.8 Å². The van der Waals surface area contributed by atoms with Crippen LogP contribution in [0.15, 0.2) is 28.8 Å². The standard InChI is InChI=1S/C20H18ClFN2O4S/c1-4-11-9-12(20(26)27-5-2)19(29-11)23-18(25)15-10(3)28-24-17(15)16-13(21)7-6-8-14(16)22/h6-9H,4-5H2,1-3H3,(H,23,25). The Morgan fingerprint density at radius 3 is 2.76 bits per heavy atom. The van der Waals surface area contributed by atoms with Crippen LogP contribution in [0.3, 0.4) is 0 Å². The van der Waals surface area contributed by atoms with Crippen LogP contribution in [-0.4, -0.2) is 23.6 Å². The molecule has 0 atom stereocenters. The van der Waals surface area contributed by atoms with Crippen LogP contribution in [0.1, 0.15) is 45.2 Å². The zero-order chi connectivity index (χ0) is 21.1. The fourth-order valence-electron chi connectivity index (χ4n) is 2.77. The van der Waals surface area contributed by atoms with Crippen LogP contribution in [0.2, 0.25) is 5.02 Å². The van der Waals surface area contributed by atoms with Gasteiger partial charge in [-0.2, -0.15) is 0 Å². The van der Waals surface area contributed by atoms with Gasteiger partial charge in [-0.3, -0.25) is 4.79 Å². The third-order valence-electron chi connectivity index (χ3n) is 4.14. The second-order valence-electron chi connectivity index (χ2n) is 6.04. The minimum Gasteiger partial charge on any atom is -0.462 e. The molecule has 0 aliphatic heterocycles. The molecule has 9 heteroatoms. The molecule has 29 heavy (non-hydrogen) atoms. The normalized spacial score (nSPS) is 10.8. The van der Waals surface area contributed by atoms with E-state index in [-0.39, 0.29) is 39.8 Å². The Morgan fingerprint density at radius 2 is 2.10 bits per heavy atom. The number of aryl methyl sites for hydroxylation is 2. The number of halogens is 2. The molecule has 3 aromatic rings. The minimum absolute atomic E-state index is 0.00643. The Balaban J connectivity index is 2.01. The van der Waals surface area contributed by atoms with Gasteiger partial charge < -0.3 is 14.6 Å². The highest BCUT2D eigenvalue weighted by Gasteiger charge is 2.27. The number of carbonyl (C=O) groups excluding carboxylic acids is 2. The molecule has 0 aliphatic carbocycles. The van der Waals surface area contributed by atoms with Gasteiger partial charge in [-0.1, -0.05) is 29.7 Å². The molecule has 6 nitrogen and oxygen atoms in total. The van der Waals surface area contributed by atoms with Crippen molar-refractivity contribution in [3.63, 3.8) is 0 Å². The molecule has 1 aromatic carbocycles. The van der Waals surface area contributed by atoms with Gasteiger partial charge in [0.1, 0.15) is 27.8 Å². The van der Waals surface area contributed by atoms with Crippen LogP contribution in [0.4, 0.5) is 9.39 Å².